The molecule has 0 unspecified atom stereocenters. The molecule has 6 nitrogen and oxygen atoms in total. The predicted octanol–water partition coefficient (Wildman–Crippen LogP) is 6.88. The van der Waals surface area contributed by atoms with Gasteiger partial charge in [-0.2, -0.15) is 0 Å². The van der Waals surface area contributed by atoms with E-state index in [0.29, 0.717) is 0 Å². The van der Waals surface area contributed by atoms with Gasteiger partial charge in [0.25, 0.3) is 0 Å². The molecule has 0 heterocycles. The first kappa shape index (κ1) is 45.3. The maximum absolute atomic E-state index is 11.4. The smallest absolute Gasteiger partial charge is 0.333 e. The molecule has 0 rings (SSSR count). The second kappa shape index (κ2) is 16.0. The van der Waals surface area contributed by atoms with Crippen molar-refractivity contribution in [2.75, 3.05) is 0 Å². The number of carbonyl (C=O) groups is 6. The van der Waals surface area contributed by atoms with Gasteiger partial charge in [0.15, 0.2) is 0 Å². The first-order valence-corrected chi connectivity index (χ1v) is 13.5. The summed E-state index contributed by atoms with van der Waals surface area (Å²) in [5.41, 5.74) is -2.74. The molecule has 0 aliphatic rings. The maximum atomic E-state index is 11.4. The third-order valence-electron chi connectivity index (χ3n) is 5.22. The summed E-state index contributed by atoms with van der Waals surface area (Å²) >= 11 is 0. The van der Waals surface area contributed by atoms with Gasteiger partial charge in [-0.1, -0.05) is 125 Å². The molecule has 0 fully saturated rings. The van der Waals surface area contributed by atoms with E-state index in [9.17, 15) is 28.8 Å². The van der Waals surface area contributed by atoms with Crippen LogP contribution in [0, 0.1) is 51.8 Å². The minimum Gasteiger partial charge on any atom is -0.333 e. The number of hydrogen-bond acceptors (Lipinski definition) is 6. The van der Waals surface area contributed by atoms with E-state index < -0.39 is 32.5 Å². The second-order valence-electron chi connectivity index (χ2n) is 16.1. The number of hydrogen-bond donors (Lipinski definition) is 0. The fraction of sp³-hybridized carbons (Fsp3) is 0.727. The zero-order valence-corrected chi connectivity index (χ0v) is 31.2. The van der Waals surface area contributed by atoms with Crippen molar-refractivity contribution in [2.24, 2.45) is 32.5 Å². The minimum atomic E-state index is -0.457. The number of rotatable bonds is 6. The van der Waals surface area contributed by atoms with Crippen molar-refractivity contribution in [3.8, 4) is 0 Å². The fourth-order valence-corrected chi connectivity index (χ4v) is 1.66. The third kappa shape index (κ3) is 21.1. The molecule has 0 saturated heterocycles. The molecule has 0 bridgehead atoms. The zero-order chi connectivity index (χ0) is 32.6. The predicted molar refractivity (Wildman–Crippen MR) is 165 cm³/mol. The molecule has 0 radical (unpaired) electrons. The molecule has 0 spiro atoms. The van der Waals surface area contributed by atoms with Crippen LogP contribution in [0.3, 0.4) is 0 Å². The molecule has 0 saturated carbocycles. The Morgan fingerprint density at radius 3 is 0.400 bits per heavy atom. The van der Waals surface area contributed by atoms with Gasteiger partial charge in [0.1, 0.15) is 0 Å². The van der Waals surface area contributed by atoms with E-state index in [4.69, 9.17) is 0 Å². The first-order valence-electron chi connectivity index (χ1n) is 13.5. The SMILES string of the molecule is CC(C)(C)C(=O)[CH-]C(=O)C(C)(C)C.CC(C)(C)C(=O)[CH-]C(=O)C(C)(C)C.CC(C)(C)C(=O)[CH-]C(=O)C(C)(C)C.[Ga+3]. The van der Waals surface area contributed by atoms with Gasteiger partial charge in [0.2, 0.25) is 0 Å². The van der Waals surface area contributed by atoms with Crippen molar-refractivity contribution in [1.29, 1.82) is 0 Å². The van der Waals surface area contributed by atoms with E-state index in [1.54, 1.807) is 0 Å². The minimum absolute atomic E-state index is 0. The molecular weight excluding hydrogens is 562 g/mol. The Labute approximate surface area is 259 Å². The Morgan fingerprint density at radius 1 is 0.275 bits per heavy atom. The number of carbonyl (C=O) groups excluding carboxylic acids is 6. The summed E-state index contributed by atoms with van der Waals surface area (Å²) in [5, 5.41) is 0. The van der Waals surface area contributed by atoms with Crippen LogP contribution in [0.25, 0.3) is 0 Å². The largest absolute Gasteiger partial charge is 3.00 e. The van der Waals surface area contributed by atoms with Crippen LogP contribution in [0.2, 0.25) is 0 Å². The summed E-state index contributed by atoms with van der Waals surface area (Å²) in [6, 6.07) is 0. The molecule has 7 heteroatoms. The maximum Gasteiger partial charge on any atom is 3.00 e. The molecule has 0 aliphatic carbocycles. The van der Waals surface area contributed by atoms with Crippen molar-refractivity contribution in [1.82, 2.24) is 0 Å². The van der Waals surface area contributed by atoms with Crippen molar-refractivity contribution >= 4 is 54.5 Å². The van der Waals surface area contributed by atoms with Crippen molar-refractivity contribution in [3.63, 3.8) is 0 Å². The van der Waals surface area contributed by atoms with Crippen LogP contribution in [-0.2, 0) is 28.8 Å². The van der Waals surface area contributed by atoms with Crippen molar-refractivity contribution < 1.29 is 28.8 Å². The molecule has 0 amide bonds. The van der Waals surface area contributed by atoms with Crippen LogP contribution in [-0.4, -0.2) is 54.5 Å². The van der Waals surface area contributed by atoms with E-state index in [1.807, 2.05) is 125 Å². The monoisotopic (exact) mass is 618 g/mol. The summed E-state index contributed by atoms with van der Waals surface area (Å²) < 4.78 is 0. The number of ketones is 6. The van der Waals surface area contributed by atoms with Crippen LogP contribution in [0.5, 0.6) is 0 Å². The summed E-state index contributed by atoms with van der Waals surface area (Å²) in [5.74, 6) is -0.625. The molecule has 0 atom stereocenters. The topological polar surface area (TPSA) is 102 Å². The molecule has 0 N–H and O–H groups in total. The summed E-state index contributed by atoms with van der Waals surface area (Å²) in [4.78, 5) is 68.7. The van der Waals surface area contributed by atoms with E-state index >= 15 is 0 Å². The fourth-order valence-electron chi connectivity index (χ4n) is 1.66. The van der Waals surface area contributed by atoms with E-state index in [2.05, 4.69) is 0 Å². The van der Waals surface area contributed by atoms with Gasteiger partial charge in [-0.05, 0) is 32.5 Å². The van der Waals surface area contributed by atoms with Crippen molar-refractivity contribution in [2.45, 2.75) is 125 Å². The molecule has 0 aliphatic heterocycles. The third-order valence-corrected chi connectivity index (χ3v) is 5.22. The molecule has 0 aromatic heterocycles. The molecular formula is C33H57GaO6. The molecule has 0 aromatic carbocycles. The van der Waals surface area contributed by atoms with Gasteiger partial charge in [-0.3, -0.25) is 19.3 Å². The van der Waals surface area contributed by atoms with Crippen LogP contribution < -0.4 is 0 Å². The van der Waals surface area contributed by atoms with Crippen LogP contribution in [0.4, 0.5) is 0 Å². The average molecular weight is 620 g/mol. The first-order chi connectivity index (χ1) is 16.6. The van der Waals surface area contributed by atoms with Crippen LogP contribution in [0.15, 0.2) is 0 Å². The number of Topliss-reactive ketones (excluding diaryl/α,β-unsaturated/α-hetero) is 6. The Kier molecular flexibility index (Phi) is 18.2. The Hall–Kier alpha value is -1.73. The van der Waals surface area contributed by atoms with E-state index in [1.165, 1.54) is 19.3 Å². The average Bonchev–Trinajstić information content (AvgIpc) is 2.64. The quantitative estimate of drug-likeness (QED) is 0.183. The Bertz CT molecular complexity index is 693. The standard InChI is InChI=1S/3C11H19O2.Ga/c3*1-10(2,3)8(12)7-9(13)11(4,5)6;/h3*7H,1-6H3;/q3*-1;+3. The summed E-state index contributed by atoms with van der Waals surface area (Å²) in [7, 11) is 0. The van der Waals surface area contributed by atoms with E-state index in [0.717, 1.165) is 0 Å². The second-order valence-corrected chi connectivity index (χ2v) is 16.1. The van der Waals surface area contributed by atoms with Crippen LogP contribution >= 0.6 is 0 Å². The normalized spacial score (nSPS) is 12.2. The Balaban J connectivity index is -0.000000240. The Morgan fingerprint density at radius 2 is 0.350 bits per heavy atom. The van der Waals surface area contributed by atoms with Gasteiger partial charge in [0.05, 0.1) is 0 Å². The zero-order valence-electron chi connectivity index (χ0n) is 28.8. The van der Waals surface area contributed by atoms with Crippen molar-refractivity contribution in [3.05, 3.63) is 19.3 Å². The van der Waals surface area contributed by atoms with Gasteiger partial charge >= 0.3 is 19.8 Å². The molecule has 228 valence electrons. The van der Waals surface area contributed by atoms with Gasteiger partial charge in [-0.15, -0.1) is 0 Å². The van der Waals surface area contributed by atoms with E-state index in [-0.39, 0.29) is 54.5 Å². The molecule has 40 heavy (non-hydrogen) atoms. The van der Waals surface area contributed by atoms with Gasteiger partial charge < -0.3 is 28.8 Å². The van der Waals surface area contributed by atoms with Gasteiger partial charge in [0, 0.05) is 34.7 Å². The summed E-state index contributed by atoms with van der Waals surface area (Å²) in [6.07, 6.45) is 3.67. The van der Waals surface area contributed by atoms with Gasteiger partial charge in [-0.25, -0.2) is 0 Å². The molecule has 0 aromatic rings. The summed E-state index contributed by atoms with van der Waals surface area (Å²) in [6.45, 7) is 32.5. The van der Waals surface area contributed by atoms with Crippen LogP contribution in [0.1, 0.15) is 125 Å².